The van der Waals surface area contributed by atoms with Gasteiger partial charge in [-0.1, -0.05) is 19.4 Å². The van der Waals surface area contributed by atoms with Crippen LogP contribution in [-0.4, -0.2) is 17.1 Å². The number of anilines is 1. The zero-order chi connectivity index (χ0) is 13.0. The summed E-state index contributed by atoms with van der Waals surface area (Å²) in [5, 5.41) is 11.3. The zero-order valence-corrected chi connectivity index (χ0v) is 9.76. The van der Waals surface area contributed by atoms with Crippen LogP contribution in [0.2, 0.25) is 0 Å². The number of rotatable bonds is 5. The van der Waals surface area contributed by atoms with Gasteiger partial charge in [0.2, 0.25) is 0 Å². The number of carbonyl (C=O) groups is 1. The molecule has 17 heavy (non-hydrogen) atoms. The molecule has 5 heteroatoms. The van der Waals surface area contributed by atoms with Crippen LogP contribution < -0.4 is 5.32 Å². The van der Waals surface area contributed by atoms with Gasteiger partial charge in [0.05, 0.1) is 0 Å². The van der Waals surface area contributed by atoms with Crippen molar-refractivity contribution >= 4 is 11.7 Å². The third kappa shape index (κ3) is 3.15. The Hall–Kier alpha value is -1.65. The average molecular weight is 243 g/mol. The normalized spacial score (nSPS) is 12.2. The third-order valence-electron chi connectivity index (χ3n) is 2.48. The van der Waals surface area contributed by atoms with Crippen molar-refractivity contribution in [1.29, 1.82) is 0 Å². The molecule has 0 saturated carbocycles. The summed E-state index contributed by atoms with van der Waals surface area (Å²) in [6.45, 7) is 3.30. The van der Waals surface area contributed by atoms with Gasteiger partial charge in [0.1, 0.15) is 17.5 Å². The lowest BCUT2D eigenvalue weighted by molar-refractivity contribution is -0.138. The topological polar surface area (TPSA) is 49.3 Å². The fraction of sp³-hybridized carbons (Fsp3) is 0.417. The Morgan fingerprint density at radius 2 is 2.12 bits per heavy atom. The molecule has 1 unspecified atom stereocenters. The minimum absolute atomic E-state index is 0.273. The van der Waals surface area contributed by atoms with Gasteiger partial charge < -0.3 is 10.4 Å². The van der Waals surface area contributed by atoms with Crippen LogP contribution in [0.4, 0.5) is 14.5 Å². The van der Waals surface area contributed by atoms with Crippen molar-refractivity contribution in [3.8, 4) is 0 Å². The predicted octanol–water partition coefficient (Wildman–Crippen LogP) is 2.94. The lowest BCUT2D eigenvalue weighted by Crippen LogP contribution is -2.30. The molecular formula is C12H15F2NO2. The van der Waals surface area contributed by atoms with Crippen molar-refractivity contribution in [2.24, 2.45) is 0 Å². The largest absolute Gasteiger partial charge is 0.480 e. The quantitative estimate of drug-likeness (QED) is 0.835. The Morgan fingerprint density at radius 3 is 2.65 bits per heavy atom. The van der Waals surface area contributed by atoms with Gasteiger partial charge in [0.25, 0.3) is 0 Å². The first-order valence-electron chi connectivity index (χ1n) is 5.41. The fourth-order valence-corrected chi connectivity index (χ4v) is 1.51. The summed E-state index contributed by atoms with van der Waals surface area (Å²) in [6, 6.07) is 1.45. The number of aryl methyl sites for hydroxylation is 1. The third-order valence-corrected chi connectivity index (χ3v) is 2.48. The number of halogens is 2. The summed E-state index contributed by atoms with van der Waals surface area (Å²) in [4.78, 5) is 10.9. The van der Waals surface area contributed by atoms with Crippen LogP contribution in [0.3, 0.4) is 0 Å². The lowest BCUT2D eigenvalue weighted by atomic mass is 10.1. The van der Waals surface area contributed by atoms with Crippen molar-refractivity contribution in [1.82, 2.24) is 0 Å². The van der Waals surface area contributed by atoms with Gasteiger partial charge in [-0.2, -0.15) is 0 Å². The molecule has 1 aromatic carbocycles. The van der Waals surface area contributed by atoms with Crippen LogP contribution >= 0.6 is 0 Å². The zero-order valence-electron chi connectivity index (χ0n) is 9.76. The Morgan fingerprint density at radius 1 is 1.47 bits per heavy atom. The number of carboxylic acid groups (broad SMARTS) is 1. The molecule has 0 spiro atoms. The van der Waals surface area contributed by atoms with E-state index in [-0.39, 0.29) is 11.3 Å². The maximum absolute atomic E-state index is 13.6. The summed E-state index contributed by atoms with van der Waals surface area (Å²) in [5.41, 5.74) is -0.0969. The molecule has 0 aliphatic heterocycles. The van der Waals surface area contributed by atoms with E-state index in [0.717, 1.165) is 6.07 Å². The molecule has 0 aliphatic rings. The Labute approximate surface area is 98.5 Å². The SMILES string of the molecule is CCCC(Nc1c(F)ccc(C)c1F)C(=O)O. The Bertz CT molecular complexity index is 421. The summed E-state index contributed by atoms with van der Waals surface area (Å²) in [7, 11) is 0. The average Bonchev–Trinajstić information content (AvgIpc) is 2.28. The molecule has 94 valence electrons. The second-order valence-electron chi connectivity index (χ2n) is 3.88. The van der Waals surface area contributed by atoms with Crippen molar-refractivity contribution in [2.75, 3.05) is 5.32 Å². The second kappa shape index (κ2) is 5.61. The minimum atomic E-state index is -1.12. The van der Waals surface area contributed by atoms with Gasteiger partial charge in [-0.25, -0.2) is 13.6 Å². The molecule has 1 aromatic rings. The van der Waals surface area contributed by atoms with Crippen molar-refractivity contribution < 1.29 is 18.7 Å². The minimum Gasteiger partial charge on any atom is -0.480 e. The van der Waals surface area contributed by atoms with E-state index in [2.05, 4.69) is 5.32 Å². The van der Waals surface area contributed by atoms with Gasteiger partial charge in [0, 0.05) is 0 Å². The van der Waals surface area contributed by atoms with Gasteiger partial charge in [-0.05, 0) is 25.0 Å². The molecule has 0 amide bonds. The van der Waals surface area contributed by atoms with E-state index in [1.807, 2.05) is 0 Å². The van der Waals surface area contributed by atoms with Crippen LogP contribution in [0, 0.1) is 18.6 Å². The molecule has 2 N–H and O–H groups in total. The number of aliphatic carboxylic acids is 1. The molecule has 0 bridgehead atoms. The molecule has 1 atom stereocenters. The summed E-state index contributed by atoms with van der Waals surface area (Å²) in [5.74, 6) is -2.64. The molecule has 0 radical (unpaired) electrons. The predicted molar refractivity (Wildman–Crippen MR) is 61.0 cm³/mol. The highest BCUT2D eigenvalue weighted by molar-refractivity contribution is 5.77. The van der Waals surface area contributed by atoms with E-state index in [9.17, 15) is 13.6 Å². The Balaban J connectivity index is 3.00. The second-order valence-corrected chi connectivity index (χ2v) is 3.88. The first kappa shape index (κ1) is 13.4. The molecule has 0 saturated heterocycles. The molecule has 1 rings (SSSR count). The van der Waals surface area contributed by atoms with E-state index in [1.165, 1.54) is 13.0 Å². The molecule has 0 aliphatic carbocycles. The maximum atomic E-state index is 13.6. The highest BCUT2D eigenvalue weighted by Gasteiger charge is 2.20. The molecule has 3 nitrogen and oxygen atoms in total. The van der Waals surface area contributed by atoms with Crippen molar-refractivity contribution in [3.63, 3.8) is 0 Å². The summed E-state index contributed by atoms with van der Waals surface area (Å²) >= 11 is 0. The molecule has 0 aromatic heterocycles. The van der Waals surface area contributed by atoms with E-state index in [0.29, 0.717) is 12.8 Å². The van der Waals surface area contributed by atoms with Crippen LogP contribution in [0.25, 0.3) is 0 Å². The number of nitrogens with one attached hydrogen (secondary N) is 1. The first-order valence-corrected chi connectivity index (χ1v) is 5.41. The van der Waals surface area contributed by atoms with Crippen LogP contribution in [0.15, 0.2) is 12.1 Å². The maximum Gasteiger partial charge on any atom is 0.326 e. The van der Waals surface area contributed by atoms with Gasteiger partial charge in [-0.3, -0.25) is 0 Å². The monoisotopic (exact) mass is 243 g/mol. The van der Waals surface area contributed by atoms with Gasteiger partial charge in [-0.15, -0.1) is 0 Å². The van der Waals surface area contributed by atoms with Gasteiger partial charge in [0.15, 0.2) is 5.82 Å². The van der Waals surface area contributed by atoms with Crippen LogP contribution in [0.5, 0.6) is 0 Å². The van der Waals surface area contributed by atoms with E-state index < -0.39 is 23.6 Å². The summed E-state index contributed by atoms with van der Waals surface area (Å²) in [6.07, 6.45) is 0.918. The van der Waals surface area contributed by atoms with E-state index in [1.54, 1.807) is 6.92 Å². The van der Waals surface area contributed by atoms with Crippen LogP contribution in [0.1, 0.15) is 25.3 Å². The van der Waals surface area contributed by atoms with Gasteiger partial charge >= 0.3 is 5.97 Å². The number of hydrogen-bond donors (Lipinski definition) is 2. The molecule has 0 heterocycles. The molecular weight excluding hydrogens is 228 g/mol. The summed E-state index contributed by atoms with van der Waals surface area (Å²) < 4.78 is 27.0. The lowest BCUT2D eigenvalue weighted by Gasteiger charge is -2.16. The van der Waals surface area contributed by atoms with E-state index in [4.69, 9.17) is 5.11 Å². The van der Waals surface area contributed by atoms with Crippen molar-refractivity contribution in [2.45, 2.75) is 32.7 Å². The highest BCUT2D eigenvalue weighted by Crippen LogP contribution is 2.23. The fourth-order valence-electron chi connectivity index (χ4n) is 1.51. The molecule has 0 fully saturated rings. The van der Waals surface area contributed by atoms with Crippen LogP contribution in [-0.2, 0) is 4.79 Å². The Kier molecular flexibility index (Phi) is 4.43. The number of hydrogen-bond acceptors (Lipinski definition) is 2. The van der Waals surface area contributed by atoms with E-state index >= 15 is 0 Å². The standard InChI is InChI=1S/C12H15F2NO2/c1-3-4-9(12(16)17)15-11-8(13)6-5-7(2)10(11)14/h5-6,9,15H,3-4H2,1-2H3,(H,16,17). The highest BCUT2D eigenvalue weighted by atomic mass is 19.1. The smallest absolute Gasteiger partial charge is 0.326 e. The van der Waals surface area contributed by atoms with Crippen molar-refractivity contribution in [3.05, 3.63) is 29.3 Å². The first-order chi connectivity index (χ1) is 7.97. The number of benzene rings is 1. The number of carboxylic acids is 1.